The number of ether oxygens (including phenoxy) is 4. The molecule has 2 aromatic heterocycles. The van der Waals surface area contributed by atoms with Crippen molar-refractivity contribution in [3.8, 4) is 22.9 Å². The van der Waals surface area contributed by atoms with Crippen LogP contribution in [0.4, 0.5) is 0 Å². The van der Waals surface area contributed by atoms with Crippen LogP contribution in [-0.4, -0.2) is 53.3 Å². The number of hydrogen-bond acceptors (Lipinski definition) is 7. The molecule has 0 bridgehead atoms. The first-order valence-electron chi connectivity index (χ1n) is 8.21. The van der Waals surface area contributed by atoms with Gasteiger partial charge in [0.1, 0.15) is 11.9 Å². The molecular formula is C17H21N3O5. The minimum absolute atomic E-state index is 0.00613. The second-order valence-electron chi connectivity index (χ2n) is 5.49. The monoisotopic (exact) mass is 347 g/mol. The molecule has 0 saturated carbocycles. The molecule has 2 aromatic rings. The standard InChI is InChI=1S/C17H21N3O5/c1-4-23-16-7-15(25-11-9-22-10-11)12(8-18-16)14-6-13(19-20(14)3)17(21)24-5-2/h6-8,11H,4-5,9-10H2,1-3H3. The maximum atomic E-state index is 11.9. The van der Waals surface area contributed by atoms with Crippen LogP contribution in [0.2, 0.25) is 0 Å². The van der Waals surface area contributed by atoms with Gasteiger partial charge in [-0.25, -0.2) is 9.78 Å². The first-order valence-corrected chi connectivity index (χ1v) is 8.21. The zero-order valence-electron chi connectivity index (χ0n) is 14.5. The zero-order chi connectivity index (χ0) is 17.8. The van der Waals surface area contributed by atoms with Crippen LogP contribution >= 0.6 is 0 Å². The summed E-state index contributed by atoms with van der Waals surface area (Å²) in [7, 11) is 1.75. The van der Waals surface area contributed by atoms with Crippen LogP contribution in [0, 0.1) is 0 Å². The summed E-state index contributed by atoms with van der Waals surface area (Å²) in [6.45, 7) is 5.55. The van der Waals surface area contributed by atoms with Crippen LogP contribution < -0.4 is 9.47 Å². The molecule has 0 aromatic carbocycles. The second kappa shape index (κ2) is 7.52. The van der Waals surface area contributed by atoms with Crippen molar-refractivity contribution in [1.82, 2.24) is 14.8 Å². The number of pyridine rings is 1. The SMILES string of the molecule is CCOC(=O)c1cc(-c2cnc(OCC)cc2OC2COC2)n(C)n1. The van der Waals surface area contributed by atoms with E-state index in [4.69, 9.17) is 18.9 Å². The van der Waals surface area contributed by atoms with Crippen LogP contribution in [0.15, 0.2) is 18.3 Å². The van der Waals surface area contributed by atoms with Gasteiger partial charge in [0.25, 0.3) is 0 Å². The fraction of sp³-hybridized carbons (Fsp3) is 0.471. The lowest BCUT2D eigenvalue weighted by molar-refractivity contribution is -0.0795. The third-order valence-electron chi connectivity index (χ3n) is 3.67. The third-order valence-corrected chi connectivity index (χ3v) is 3.67. The number of aromatic nitrogens is 3. The fourth-order valence-electron chi connectivity index (χ4n) is 2.42. The minimum atomic E-state index is -0.460. The molecule has 0 spiro atoms. The number of esters is 1. The summed E-state index contributed by atoms with van der Waals surface area (Å²) in [5, 5.41) is 4.22. The van der Waals surface area contributed by atoms with E-state index in [0.717, 1.165) is 5.56 Å². The third kappa shape index (κ3) is 3.74. The van der Waals surface area contributed by atoms with Crippen molar-refractivity contribution < 1.29 is 23.7 Å². The van der Waals surface area contributed by atoms with Crippen LogP contribution in [0.3, 0.4) is 0 Å². The summed E-state index contributed by atoms with van der Waals surface area (Å²) in [4.78, 5) is 16.2. The van der Waals surface area contributed by atoms with E-state index in [1.807, 2.05) is 6.92 Å². The lowest BCUT2D eigenvalue weighted by Crippen LogP contribution is -2.38. The molecule has 0 N–H and O–H groups in total. The van der Waals surface area contributed by atoms with E-state index in [0.29, 0.717) is 43.8 Å². The first-order chi connectivity index (χ1) is 12.1. The van der Waals surface area contributed by atoms with E-state index in [2.05, 4.69) is 10.1 Å². The largest absolute Gasteiger partial charge is 0.485 e. The van der Waals surface area contributed by atoms with E-state index in [9.17, 15) is 4.79 Å². The van der Waals surface area contributed by atoms with Gasteiger partial charge in [0.05, 0.1) is 37.7 Å². The van der Waals surface area contributed by atoms with Crippen molar-refractivity contribution in [1.29, 1.82) is 0 Å². The zero-order valence-corrected chi connectivity index (χ0v) is 14.5. The molecule has 0 aliphatic carbocycles. The average Bonchev–Trinajstić information content (AvgIpc) is 2.94. The van der Waals surface area contributed by atoms with E-state index >= 15 is 0 Å². The summed E-state index contributed by atoms with van der Waals surface area (Å²) in [5.74, 6) is 0.637. The van der Waals surface area contributed by atoms with E-state index in [1.165, 1.54) is 0 Å². The quantitative estimate of drug-likeness (QED) is 0.707. The van der Waals surface area contributed by atoms with Gasteiger partial charge in [0.15, 0.2) is 5.69 Å². The van der Waals surface area contributed by atoms with Gasteiger partial charge in [-0.2, -0.15) is 5.10 Å². The highest BCUT2D eigenvalue weighted by Gasteiger charge is 2.24. The number of nitrogens with zero attached hydrogens (tertiary/aromatic N) is 3. The second-order valence-corrected chi connectivity index (χ2v) is 5.49. The van der Waals surface area contributed by atoms with Gasteiger partial charge in [0, 0.05) is 19.3 Å². The predicted molar refractivity (Wildman–Crippen MR) is 88.8 cm³/mol. The molecular weight excluding hydrogens is 326 g/mol. The van der Waals surface area contributed by atoms with E-state index in [-0.39, 0.29) is 11.8 Å². The molecule has 134 valence electrons. The lowest BCUT2D eigenvalue weighted by Gasteiger charge is -2.27. The molecule has 8 heteroatoms. The van der Waals surface area contributed by atoms with Crippen molar-refractivity contribution in [3.63, 3.8) is 0 Å². The number of carbonyl (C=O) groups is 1. The molecule has 0 radical (unpaired) electrons. The molecule has 1 aliphatic rings. The smallest absolute Gasteiger partial charge is 0.358 e. The van der Waals surface area contributed by atoms with Crippen molar-refractivity contribution in [3.05, 3.63) is 24.0 Å². The normalized spacial score (nSPS) is 14.0. The summed E-state index contributed by atoms with van der Waals surface area (Å²) < 4.78 is 23.2. The van der Waals surface area contributed by atoms with Gasteiger partial charge in [-0.15, -0.1) is 0 Å². The molecule has 25 heavy (non-hydrogen) atoms. The Labute approximate surface area is 145 Å². The Balaban J connectivity index is 1.95. The minimum Gasteiger partial charge on any atom is -0.485 e. The Morgan fingerprint density at radius 2 is 2.12 bits per heavy atom. The molecule has 0 unspecified atom stereocenters. The van der Waals surface area contributed by atoms with Crippen molar-refractivity contribution in [2.45, 2.75) is 20.0 Å². The summed E-state index contributed by atoms with van der Waals surface area (Å²) >= 11 is 0. The summed E-state index contributed by atoms with van der Waals surface area (Å²) in [5.41, 5.74) is 1.67. The number of rotatable bonds is 7. The van der Waals surface area contributed by atoms with Crippen LogP contribution in [-0.2, 0) is 16.5 Å². The Kier molecular flexibility index (Phi) is 5.18. The maximum Gasteiger partial charge on any atom is 0.358 e. The van der Waals surface area contributed by atoms with Crippen LogP contribution in [0.1, 0.15) is 24.3 Å². The van der Waals surface area contributed by atoms with Gasteiger partial charge in [-0.05, 0) is 19.9 Å². The van der Waals surface area contributed by atoms with Crippen LogP contribution in [0.25, 0.3) is 11.3 Å². The van der Waals surface area contributed by atoms with Gasteiger partial charge in [-0.1, -0.05) is 0 Å². The molecule has 0 amide bonds. The topological polar surface area (TPSA) is 84.7 Å². The lowest BCUT2D eigenvalue weighted by atomic mass is 10.1. The van der Waals surface area contributed by atoms with Gasteiger partial charge >= 0.3 is 5.97 Å². The average molecular weight is 347 g/mol. The molecule has 3 rings (SSSR count). The number of carbonyl (C=O) groups excluding carboxylic acids is 1. The Morgan fingerprint density at radius 3 is 2.76 bits per heavy atom. The fourth-order valence-corrected chi connectivity index (χ4v) is 2.42. The highest BCUT2D eigenvalue weighted by atomic mass is 16.6. The number of aryl methyl sites for hydroxylation is 1. The van der Waals surface area contributed by atoms with Crippen molar-refractivity contribution in [2.24, 2.45) is 7.05 Å². The van der Waals surface area contributed by atoms with Crippen molar-refractivity contribution in [2.75, 3.05) is 26.4 Å². The van der Waals surface area contributed by atoms with Gasteiger partial charge < -0.3 is 18.9 Å². The number of hydrogen-bond donors (Lipinski definition) is 0. The summed E-state index contributed by atoms with van der Waals surface area (Å²) in [6, 6.07) is 3.41. The molecule has 0 atom stereocenters. The van der Waals surface area contributed by atoms with Crippen LogP contribution in [0.5, 0.6) is 11.6 Å². The van der Waals surface area contributed by atoms with Gasteiger partial charge in [0.2, 0.25) is 5.88 Å². The highest BCUT2D eigenvalue weighted by Crippen LogP contribution is 2.33. The molecule has 1 saturated heterocycles. The highest BCUT2D eigenvalue weighted by molar-refractivity contribution is 5.89. The molecule has 3 heterocycles. The van der Waals surface area contributed by atoms with E-state index in [1.54, 1.807) is 37.0 Å². The molecule has 8 nitrogen and oxygen atoms in total. The Morgan fingerprint density at radius 1 is 1.32 bits per heavy atom. The Hall–Kier alpha value is -2.61. The van der Waals surface area contributed by atoms with Gasteiger partial charge in [-0.3, -0.25) is 4.68 Å². The van der Waals surface area contributed by atoms with E-state index < -0.39 is 5.97 Å². The predicted octanol–water partition coefficient (Wildman–Crippen LogP) is 1.84. The van der Waals surface area contributed by atoms with Crippen molar-refractivity contribution >= 4 is 5.97 Å². The first kappa shape index (κ1) is 17.2. The maximum absolute atomic E-state index is 11.9. The Bertz CT molecular complexity index is 755. The molecule has 1 aliphatic heterocycles. The summed E-state index contributed by atoms with van der Waals surface area (Å²) in [6.07, 6.45) is 1.65. The molecule has 1 fully saturated rings.